The van der Waals surface area contributed by atoms with Gasteiger partial charge in [0, 0.05) is 0 Å². The molecular weight excluding hydrogens is 589 g/mol. The summed E-state index contributed by atoms with van der Waals surface area (Å²) in [6.45, 7) is 26.3. The summed E-state index contributed by atoms with van der Waals surface area (Å²) in [5.74, 6) is 0. The van der Waals surface area contributed by atoms with Crippen molar-refractivity contribution in [2.24, 2.45) is 0 Å². The molecule has 49 heavy (non-hydrogen) atoms. The lowest BCUT2D eigenvalue weighted by atomic mass is 9.85. The van der Waals surface area contributed by atoms with Gasteiger partial charge in [0.15, 0.2) is 0 Å². The molecule has 0 fully saturated rings. The maximum absolute atomic E-state index is 4.10. The lowest BCUT2D eigenvalue weighted by Crippen LogP contribution is -1.92. The molecule has 0 aliphatic heterocycles. The topological polar surface area (TPSA) is 0 Å². The zero-order chi connectivity index (χ0) is 35.9. The van der Waals surface area contributed by atoms with Crippen LogP contribution in [0.15, 0.2) is 141 Å². The van der Waals surface area contributed by atoms with Gasteiger partial charge in [0.2, 0.25) is 0 Å². The third kappa shape index (κ3) is 7.76. The van der Waals surface area contributed by atoms with Crippen molar-refractivity contribution in [1.82, 2.24) is 0 Å². The number of hydrogen-bond donors (Lipinski definition) is 0. The molecule has 250 valence electrons. The lowest BCUT2D eigenvalue weighted by Gasteiger charge is -2.18. The quantitative estimate of drug-likeness (QED) is 0.164. The minimum absolute atomic E-state index is 1.13. The van der Waals surface area contributed by atoms with Crippen LogP contribution in [0.3, 0.4) is 0 Å². The molecule has 7 rings (SSSR count). The molecule has 0 aliphatic carbocycles. The maximum Gasteiger partial charge on any atom is -0.00262 e. The highest BCUT2D eigenvalue weighted by Gasteiger charge is 2.17. The van der Waals surface area contributed by atoms with E-state index in [1.54, 1.807) is 0 Å². The van der Waals surface area contributed by atoms with Crippen LogP contribution in [0.5, 0.6) is 0 Å². The first-order chi connectivity index (χ1) is 24.2. The minimum atomic E-state index is 1.13. The van der Waals surface area contributed by atoms with Crippen LogP contribution in [0.25, 0.3) is 77.9 Å². The normalized spacial score (nSPS) is 9.90. The molecule has 0 amide bonds. The Labute approximate surface area is 296 Å². The van der Waals surface area contributed by atoms with E-state index in [-0.39, 0.29) is 0 Å². The van der Waals surface area contributed by atoms with Gasteiger partial charge in [0.1, 0.15) is 0 Å². The molecule has 0 unspecified atom stereocenters. The summed E-state index contributed by atoms with van der Waals surface area (Å²) in [5.41, 5.74) is 10.8. The van der Waals surface area contributed by atoms with Crippen LogP contribution in [-0.4, -0.2) is 0 Å². The summed E-state index contributed by atoms with van der Waals surface area (Å²) < 4.78 is 0. The van der Waals surface area contributed by atoms with Crippen molar-refractivity contribution in [3.05, 3.63) is 157 Å². The van der Waals surface area contributed by atoms with E-state index in [2.05, 4.69) is 147 Å². The Balaban J connectivity index is 0.000000760. The summed E-state index contributed by atoms with van der Waals surface area (Å²) in [6, 6.07) is 46.4. The fourth-order valence-electron chi connectivity index (χ4n) is 6.40. The predicted octanol–water partition coefficient (Wildman–Crippen LogP) is 15.8. The van der Waals surface area contributed by atoms with E-state index in [1.807, 2.05) is 67.5 Å². The van der Waals surface area contributed by atoms with Crippen molar-refractivity contribution < 1.29 is 0 Å². The molecule has 0 heteroatoms. The van der Waals surface area contributed by atoms with Gasteiger partial charge in [-0.2, -0.15) is 0 Å². The second kappa shape index (κ2) is 19.0. The monoisotopic (exact) mass is 642 g/mol. The summed E-state index contributed by atoms with van der Waals surface area (Å²) in [7, 11) is 0. The molecule has 0 saturated carbocycles. The molecule has 0 heterocycles. The third-order valence-electron chi connectivity index (χ3n) is 8.37. The van der Waals surface area contributed by atoms with Crippen molar-refractivity contribution in [3.8, 4) is 33.4 Å². The second-order valence-electron chi connectivity index (χ2n) is 10.6. The molecule has 0 aliphatic rings. The van der Waals surface area contributed by atoms with Crippen LogP contribution in [0.4, 0.5) is 0 Å². The molecule has 7 aromatic rings. The molecule has 0 spiro atoms. The summed E-state index contributed by atoms with van der Waals surface area (Å²) in [6.07, 6.45) is 3.87. The van der Waals surface area contributed by atoms with E-state index in [0.29, 0.717) is 0 Å². The number of benzene rings is 7. The molecule has 0 N–H and O–H groups in total. The van der Waals surface area contributed by atoms with Crippen LogP contribution in [-0.2, 0) is 0 Å². The average Bonchev–Trinajstić information content (AvgIpc) is 3.19. The van der Waals surface area contributed by atoms with Crippen LogP contribution in [0, 0.1) is 6.92 Å². The Morgan fingerprint density at radius 3 is 1.29 bits per heavy atom. The van der Waals surface area contributed by atoms with Crippen molar-refractivity contribution in [1.29, 1.82) is 0 Å². The van der Waals surface area contributed by atoms with Crippen molar-refractivity contribution in [2.75, 3.05) is 0 Å². The fraction of sp³-hybridized carbons (Fsp3) is 0.184. The highest BCUT2D eigenvalue weighted by Crippen LogP contribution is 2.44. The van der Waals surface area contributed by atoms with E-state index in [1.165, 1.54) is 71.3 Å². The van der Waals surface area contributed by atoms with Gasteiger partial charge in [0.05, 0.1) is 0 Å². The first-order valence-corrected chi connectivity index (χ1v) is 18.1. The third-order valence-corrected chi connectivity index (χ3v) is 8.37. The average molecular weight is 643 g/mol. The molecular formula is C49H54. The number of hydrogen-bond acceptors (Lipinski definition) is 0. The smallest absolute Gasteiger partial charge is 0.00262 e. The van der Waals surface area contributed by atoms with Crippen LogP contribution < -0.4 is 0 Å². The first kappa shape index (κ1) is 38.2. The zero-order valence-corrected chi connectivity index (χ0v) is 31.2. The van der Waals surface area contributed by atoms with Gasteiger partial charge in [-0.25, -0.2) is 0 Å². The maximum atomic E-state index is 4.10. The summed E-state index contributed by atoms with van der Waals surface area (Å²) in [4.78, 5) is 0. The van der Waals surface area contributed by atoms with Gasteiger partial charge in [-0.15, -0.1) is 0 Å². The SMILES string of the molecule is C=Cc1c(C)ccc(-c2ccc(-c3c4ccccc4c(-c4ccc5ccccc5c4)c4ccccc34)cc2)c1C=C.CC.CC.CC.CC. The van der Waals surface area contributed by atoms with Crippen molar-refractivity contribution in [3.63, 3.8) is 0 Å². The Morgan fingerprint density at radius 1 is 0.388 bits per heavy atom. The Bertz CT molecular complexity index is 2070. The van der Waals surface area contributed by atoms with Crippen molar-refractivity contribution in [2.45, 2.75) is 62.3 Å². The number of aryl methyl sites for hydroxylation is 1. The Kier molecular flexibility index (Phi) is 14.8. The summed E-state index contributed by atoms with van der Waals surface area (Å²) in [5, 5.41) is 7.58. The van der Waals surface area contributed by atoms with E-state index < -0.39 is 0 Å². The standard InChI is InChI=1S/C41H30.4C2H6/c1-4-33-27(3)18-25-35(34(33)5-2)29-20-22-30(23-21-29)40-36-14-8-10-16-38(36)41(39-17-11-9-15-37(39)40)32-24-19-28-12-6-7-13-31(28)26-32;4*1-2/h4-26H,1-2H2,3H3;4*1-2H3. The molecule has 7 aromatic carbocycles. The number of fused-ring (bicyclic) bond motifs is 3. The van der Waals surface area contributed by atoms with Gasteiger partial charge >= 0.3 is 0 Å². The van der Waals surface area contributed by atoms with Crippen LogP contribution >= 0.6 is 0 Å². The lowest BCUT2D eigenvalue weighted by molar-refractivity contribution is 1.42. The minimum Gasteiger partial charge on any atom is -0.0984 e. The van der Waals surface area contributed by atoms with Gasteiger partial charge in [-0.3, -0.25) is 0 Å². The van der Waals surface area contributed by atoms with E-state index >= 15 is 0 Å². The highest BCUT2D eigenvalue weighted by molar-refractivity contribution is 6.21. The first-order valence-electron chi connectivity index (χ1n) is 18.1. The molecule has 0 radical (unpaired) electrons. The highest BCUT2D eigenvalue weighted by atomic mass is 14.2. The number of rotatable bonds is 5. The Morgan fingerprint density at radius 2 is 0.796 bits per heavy atom. The largest absolute Gasteiger partial charge is 0.0984 e. The molecule has 0 saturated heterocycles. The Hall–Kier alpha value is -5.20. The van der Waals surface area contributed by atoms with E-state index in [4.69, 9.17) is 0 Å². The molecule has 0 aromatic heterocycles. The van der Waals surface area contributed by atoms with Gasteiger partial charge in [-0.05, 0) is 95.4 Å². The van der Waals surface area contributed by atoms with Gasteiger partial charge in [-0.1, -0.05) is 202 Å². The summed E-state index contributed by atoms with van der Waals surface area (Å²) >= 11 is 0. The van der Waals surface area contributed by atoms with Crippen LogP contribution in [0.1, 0.15) is 72.1 Å². The molecule has 0 bridgehead atoms. The van der Waals surface area contributed by atoms with Crippen LogP contribution in [0.2, 0.25) is 0 Å². The predicted molar refractivity (Wildman–Crippen MR) is 226 cm³/mol. The molecule has 0 nitrogen and oxygen atoms in total. The molecule has 0 atom stereocenters. The zero-order valence-electron chi connectivity index (χ0n) is 31.2. The van der Waals surface area contributed by atoms with Crippen molar-refractivity contribution >= 4 is 44.5 Å². The second-order valence-corrected chi connectivity index (χ2v) is 10.6. The van der Waals surface area contributed by atoms with E-state index in [0.717, 1.165) is 11.1 Å². The van der Waals surface area contributed by atoms with Gasteiger partial charge < -0.3 is 0 Å². The van der Waals surface area contributed by atoms with Gasteiger partial charge in [0.25, 0.3) is 0 Å². The van der Waals surface area contributed by atoms with E-state index in [9.17, 15) is 0 Å². The fourth-order valence-corrected chi connectivity index (χ4v) is 6.40.